The lowest BCUT2D eigenvalue weighted by Gasteiger charge is -2.30. The van der Waals surface area contributed by atoms with Crippen molar-refractivity contribution < 1.29 is 14.4 Å². The molecule has 2 rings (SSSR count). The predicted octanol–water partition coefficient (Wildman–Crippen LogP) is 2.03. The van der Waals surface area contributed by atoms with Crippen molar-refractivity contribution in [1.82, 2.24) is 4.90 Å². The van der Waals surface area contributed by atoms with Crippen LogP contribution >= 0.6 is 11.6 Å². The number of primary amides is 1. The Bertz CT molecular complexity index is 581. The molecule has 0 atom stereocenters. The Morgan fingerprint density at radius 3 is 2.45 bits per heavy atom. The van der Waals surface area contributed by atoms with E-state index in [-0.39, 0.29) is 36.4 Å². The highest BCUT2D eigenvalue weighted by molar-refractivity contribution is 6.31. The van der Waals surface area contributed by atoms with Crippen molar-refractivity contribution in [1.29, 1.82) is 0 Å². The highest BCUT2D eigenvalue weighted by Gasteiger charge is 2.25. The van der Waals surface area contributed by atoms with E-state index in [2.05, 4.69) is 0 Å². The smallest absolute Gasteiger partial charge is 0.223 e. The Morgan fingerprint density at radius 1 is 1.18 bits per heavy atom. The monoisotopic (exact) mass is 322 g/mol. The molecule has 0 spiro atoms. The first-order valence-electron chi connectivity index (χ1n) is 7.33. The zero-order valence-corrected chi connectivity index (χ0v) is 13.0. The number of rotatable bonds is 5. The van der Waals surface area contributed by atoms with Gasteiger partial charge in [0.15, 0.2) is 5.78 Å². The van der Waals surface area contributed by atoms with Crippen molar-refractivity contribution in [3.05, 3.63) is 34.9 Å². The average Bonchev–Trinajstić information content (AvgIpc) is 2.52. The van der Waals surface area contributed by atoms with E-state index in [9.17, 15) is 14.4 Å². The fourth-order valence-corrected chi connectivity index (χ4v) is 2.79. The number of carbonyl (C=O) groups is 3. The molecule has 1 heterocycles. The van der Waals surface area contributed by atoms with Crippen molar-refractivity contribution in [3.8, 4) is 0 Å². The number of nitrogens with zero attached hydrogens (tertiary/aromatic N) is 1. The topological polar surface area (TPSA) is 80.5 Å². The lowest BCUT2D eigenvalue weighted by molar-refractivity contribution is -0.134. The van der Waals surface area contributed by atoms with Crippen LogP contribution in [0.25, 0.3) is 0 Å². The number of nitrogens with two attached hydrogens (primary N) is 1. The molecule has 0 aliphatic carbocycles. The molecule has 5 nitrogen and oxygen atoms in total. The van der Waals surface area contributed by atoms with Crippen LogP contribution in [0.3, 0.4) is 0 Å². The summed E-state index contributed by atoms with van der Waals surface area (Å²) >= 11 is 5.85. The summed E-state index contributed by atoms with van der Waals surface area (Å²) in [5, 5.41) is 0.505. The summed E-state index contributed by atoms with van der Waals surface area (Å²) in [6, 6.07) is 6.71. The standard InChI is InChI=1S/C16H19ClN2O3/c17-13-3-1-2-12(10-13)14(20)4-5-15(21)19-8-6-11(7-9-19)16(18)22/h1-3,10-11H,4-9H2,(H2,18,22). The van der Waals surface area contributed by atoms with E-state index >= 15 is 0 Å². The molecule has 1 aromatic carbocycles. The largest absolute Gasteiger partial charge is 0.369 e. The molecule has 1 aliphatic heterocycles. The number of benzene rings is 1. The molecule has 1 fully saturated rings. The van der Waals surface area contributed by atoms with Gasteiger partial charge < -0.3 is 10.6 Å². The first-order chi connectivity index (χ1) is 10.5. The molecule has 1 aliphatic rings. The molecule has 6 heteroatoms. The van der Waals surface area contributed by atoms with Gasteiger partial charge in [-0.2, -0.15) is 0 Å². The van der Waals surface area contributed by atoms with E-state index in [1.807, 2.05) is 0 Å². The number of likely N-dealkylation sites (tertiary alicyclic amines) is 1. The predicted molar refractivity (Wildman–Crippen MR) is 83.5 cm³/mol. The van der Waals surface area contributed by atoms with E-state index in [1.54, 1.807) is 29.2 Å². The van der Waals surface area contributed by atoms with Gasteiger partial charge in [0.25, 0.3) is 0 Å². The van der Waals surface area contributed by atoms with Crippen molar-refractivity contribution in [2.75, 3.05) is 13.1 Å². The van der Waals surface area contributed by atoms with Crippen LogP contribution < -0.4 is 5.73 Å². The minimum Gasteiger partial charge on any atom is -0.369 e. The lowest BCUT2D eigenvalue weighted by atomic mass is 9.96. The Morgan fingerprint density at radius 2 is 1.86 bits per heavy atom. The second-order valence-electron chi connectivity index (χ2n) is 5.49. The van der Waals surface area contributed by atoms with Crippen molar-refractivity contribution in [2.24, 2.45) is 11.7 Å². The normalized spacial score (nSPS) is 15.6. The van der Waals surface area contributed by atoms with Crippen LogP contribution in [0.1, 0.15) is 36.0 Å². The molecule has 0 saturated carbocycles. The lowest BCUT2D eigenvalue weighted by Crippen LogP contribution is -2.41. The molecule has 1 saturated heterocycles. The van der Waals surface area contributed by atoms with Gasteiger partial charge in [0.1, 0.15) is 0 Å². The maximum Gasteiger partial charge on any atom is 0.223 e. The molecule has 0 aromatic heterocycles. The number of hydrogen-bond donors (Lipinski definition) is 1. The van der Waals surface area contributed by atoms with Gasteiger partial charge in [-0.1, -0.05) is 23.7 Å². The van der Waals surface area contributed by atoms with Crippen LogP contribution in [-0.4, -0.2) is 35.6 Å². The van der Waals surface area contributed by atoms with Crippen LogP contribution in [0.15, 0.2) is 24.3 Å². The van der Waals surface area contributed by atoms with E-state index in [0.29, 0.717) is 36.5 Å². The summed E-state index contributed by atoms with van der Waals surface area (Å²) in [4.78, 5) is 36.9. The van der Waals surface area contributed by atoms with E-state index in [1.165, 1.54) is 0 Å². The minimum absolute atomic E-state index is 0.0571. The van der Waals surface area contributed by atoms with Gasteiger partial charge in [-0.3, -0.25) is 14.4 Å². The molecule has 0 bridgehead atoms. The third-order valence-corrected chi connectivity index (χ3v) is 4.20. The Balaban J connectivity index is 1.81. The van der Waals surface area contributed by atoms with Crippen LogP contribution in [0.5, 0.6) is 0 Å². The average molecular weight is 323 g/mol. The number of amides is 2. The molecule has 2 N–H and O–H groups in total. The molecule has 1 aromatic rings. The summed E-state index contributed by atoms with van der Waals surface area (Å²) in [7, 11) is 0. The van der Waals surface area contributed by atoms with Gasteiger partial charge >= 0.3 is 0 Å². The second-order valence-corrected chi connectivity index (χ2v) is 5.93. The molecule has 22 heavy (non-hydrogen) atoms. The van der Waals surface area contributed by atoms with E-state index < -0.39 is 0 Å². The molecule has 0 radical (unpaired) electrons. The fraction of sp³-hybridized carbons (Fsp3) is 0.438. The fourth-order valence-electron chi connectivity index (χ4n) is 2.60. The molecular weight excluding hydrogens is 304 g/mol. The summed E-state index contributed by atoms with van der Waals surface area (Å²) in [6.45, 7) is 1.05. The number of hydrogen-bond acceptors (Lipinski definition) is 3. The maximum atomic E-state index is 12.1. The van der Waals surface area contributed by atoms with Crippen LogP contribution in [0, 0.1) is 5.92 Å². The number of Topliss-reactive ketones (excluding diaryl/α,β-unsaturated/α-hetero) is 1. The quantitative estimate of drug-likeness (QED) is 0.842. The van der Waals surface area contributed by atoms with Gasteiger partial charge in [0, 0.05) is 42.4 Å². The zero-order chi connectivity index (χ0) is 16.1. The SMILES string of the molecule is NC(=O)C1CCN(C(=O)CCC(=O)c2cccc(Cl)c2)CC1. The first-order valence-corrected chi connectivity index (χ1v) is 7.71. The number of piperidine rings is 1. The minimum atomic E-state index is -0.303. The van der Waals surface area contributed by atoms with Crippen molar-refractivity contribution >= 4 is 29.2 Å². The van der Waals surface area contributed by atoms with Gasteiger partial charge in [0.2, 0.25) is 11.8 Å². The molecule has 118 valence electrons. The van der Waals surface area contributed by atoms with Crippen molar-refractivity contribution in [2.45, 2.75) is 25.7 Å². The van der Waals surface area contributed by atoms with Gasteiger partial charge in [-0.05, 0) is 25.0 Å². The van der Waals surface area contributed by atoms with Crippen LogP contribution in [0.4, 0.5) is 0 Å². The van der Waals surface area contributed by atoms with Crippen LogP contribution in [0.2, 0.25) is 5.02 Å². The Labute approximate surface area is 134 Å². The summed E-state index contributed by atoms with van der Waals surface area (Å²) in [5.74, 6) is -0.596. The molecular formula is C16H19ClN2O3. The number of ketones is 1. The van der Waals surface area contributed by atoms with E-state index in [0.717, 1.165) is 0 Å². The highest BCUT2D eigenvalue weighted by atomic mass is 35.5. The third kappa shape index (κ3) is 4.31. The molecule has 0 unspecified atom stereocenters. The highest BCUT2D eigenvalue weighted by Crippen LogP contribution is 2.18. The van der Waals surface area contributed by atoms with Crippen molar-refractivity contribution in [3.63, 3.8) is 0 Å². The number of halogens is 1. The maximum absolute atomic E-state index is 12.1. The van der Waals surface area contributed by atoms with Gasteiger partial charge in [0.05, 0.1) is 0 Å². The second kappa shape index (κ2) is 7.40. The third-order valence-electron chi connectivity index (χ3n) is 3.96. The number of carbonyl (C=O) groups excluding carboxylic acids is 3. The van der Waals surface area contributed by atoms with Crippen LogP contribution in [-0.2, 0) is 9.59 Å². The zero-order valence-electron chi connectivity index (χ0n) is 12.3. The first kappa shape index (κ1) is 16.5. The summed E-state index contributed by atoms with van der Waals surface area (Å²) in [5.41, 5.74) is 5.79. The summed E-state index contributed by atoms with van der Waals surface area (Å²) in [6.07, 6.45) is 1.54. The molecule has 2 amide bonds. The summed E-state index contributed by atoms with van der Waals surface area (Å²) < 4.78 is 0. The Hall–Kier alpha value is -1.88. The Kier molecular flexibility index (Phi) is 5.55. The van der Waals surface area contributed by atoms with E-state index in [4.69, 9.17) is 17.3 Å². The van der Waals surface area contributed by atoms with Gasteiger partial charge in [-0.25, -0.2) is 0 Å². The van der Waals surface area contributed by atoms with Gasteiger partial charge in [-0.15, -0.1) is 0 Å².